The van der Waals surface area contributed by atoms with Gasteiger partial charge in [0.05, 0.1) is 19.3 Å². The molecular formula is C25H42IN3O3. The van der Waals surface area contributed by atoms with Gasteiger partial charge in [0.1, 0.15) is 0 Å². The van der Waals surface area contributed by atoms with Gasteiger partial charge < -0.3 is 24.8 Å². The van der Waals surface area contributed by atoms with Crippen LogP contribution in [0.3, 0.4) is 0 Å². The molecule has 1 aromatic carbocycles. The Morgan fingerprint density at radius 3 is 2.62 bits per heavy atom. The topological polar surface area (TPSA) is 64.1 Å². The van der Waals surface area contributed by atoms with E-state index in [0.717, 1.165) is 58.1 Å². The molecule has 3 rings (SSSR count). The first-order valence-electron chi connectivity index (χ1n) is 12.0. The summed E-state index contributed by atoms with van der Waals surface area (Å²) in [5, 5.41) is 7.02. The molecule has 2 fully saturated rings. The van der Waals surface area contributed by atoms with Crippen molar-refractivity contribution in [3.63, 3.8) is 0 Å². The molecule has 6 nitrogen and oxygen atoms in total. The van der Waals surface area contributed by atoms with Crippen molar-refractivity contribution in [3.05, 3.63) is 35.4 Å². The van der Waals surface area contributed by atoms with Crippen LogP contribution in [0.25, 0.3) is 0 Å². The van der Waals surface area contributed by atoms with E-state index in [1.807, 2.05) is 0 Å². The number of hydrogen-bond donors (Lipinski definition) is 2. The van der Waals surface area contributed by atoms with Gasteiger partial charge in [0.25, 0.3) is 0 Å². The average Bonchev–Trinajstić information content (AvgIpc) is 3.28. The highest BCUT2D eigenvalue weighted by molar-refractivity contribution is 14.0. The summed E-state index contributed by atoms with van der Waals surface area (Å²) < 4.78 is 16.9. The SMILES string of the molecule is CCNC(=NCc1cccc(COC2CCOCC2)c1)NCC1(CCOC)CCCC1.I. The second-order valence-electron chi connectivity index (χ2n) is 8.94. The van der Waals surface area contributed by atoms with Crippen LogP contribution in [0.4, 0.5) is 0 Å². The Labute approximate surface area is 211 Å². The quantitative estimate of drug-likeness (QED) is 0.235. The molecule has 0 spiro atoms. The average molecular weight is 560 g/mol. The van der Waals surface area contributed by atoms with Crippen molar-refractivity contribution in [2.45, 2.75) is 71.1 Å². The second-order valence-corrected chi connectivity index (χ2v) is 8.94. The Kier molecular flexibility index (Phi) is 12.9. The summed E-state index contributed by atoms with van der Waals surface area (Å²) in [5.74, 6) is 0.898. The number of nitrogens with zero attached hydrogens (tertiary/aromatic N) is 1. The van der Waals surface area contributed by atoms with Gasteiger partial charge in [0.2, 0.25) is 0 Å². The molecule has 0 unspecified atom stereocenters. The molecule has 1 aromatic rings. The van der Waals surface area contributed by atoms with Gasteiger partial charge in [-0.05, 0) is 55.6 Å². The van der Waals surface area contributed by atoms with Crippen molar-refractivity contribution in [1.29, 1.82) is 0 Å². The molecule has 0 amide bonds. The van der Waals surface area contributed by atoms with Crippen molar-refractivity contribution < 1.29 is 14.2 Å². The molecule has 2 aliphatic rings. The van der Waals surface area contributed by atoms with Crippen molar-refractivity contribution in [2.75, 3.05) is 40.0 Å². The van der Waals surface area contributed by atoms with E-state index in [-0.39, 0.29) is 24.0 Å². The molecule has 32 heavy (non-hydrogen) atoms. The zero-order valence-corrected chi connectivity index (χ0v) is 22.2. The van der Waals surface area contributed by atoms with Crippen LogP contribution < -0.4 is 10.6 Å². The minimum Gasteiger partial charge on any atom is -0.385 e. The van der Waals surface area contributed by atoms with E-state index in [9.17, 15) is 0 Å². The van der Waals surface area contributed by atoms with Gasteiger partial charge in [-0.15, -0.1) is 24.0 Å². The van der Waals surface area contributed by atoms with Crippen LogP contribution >= 0.6 is 24.0 Å². The van der Waals surface area contributed by atoms with Gasteiger partial charge in [-0.3, -0.25) is 0 Å². The highest BCUT2D eigenvalue weighted by Gasteiger charge is 2.33. The van der Waals surface area contributed by atoms with Gasteiger partial charge in [-0.1, -0.05) is 37.1 Å². The molecule has 0 radical (unpaired) electrons. The number of rotatable bonds is 11. The molecule has 0 aromatic heterocycles. The van der Waals surface area contributed by atoms with Gasteiger partial charge in [-0.2, -0.15) is 0 Å². The number of ether oxygens (including phenoxy) is 3. The van der Waals surface area contributed by atoms with Crippen molar-refractivity contribution in [1.82, 2.24) is 10.6 Å². The van der Waals surface area contributed by atoms with Crippen molar-refractivity contribution in [3.8, 4) is 0 Å². The highest BCUT2D eigenvalue weighted by Crippen LogP contribution is 2.40. The highest BCUT2D eigenvalue weighted by atomic mass is 127. The molecule has 2 N–H and O–H groups in total. The molecule has 0 bridgehead atoms. The van der Waals surface area contributed by atoms with Gasteiger partial charge in [0.15, 0.2) is 5.96 Å². The van der Waals surface area contributed by atoms with Crippen LogP contribution in [0.2, 0.25) is 0 Å². The van der Waals surface area contributed by atoms with Crippen molar-refractivity contribution >= 4 is 29.9 Å². The summed E-state index contributed by atoms with van der Waals surface area (Å²) >= 11 is 0. The molecule has 1 aliphatic heterocycles. The lowest BCUT2D eigenvalue weighted by atomic mass is 9.83. The van der Waals surface area contributed by atoms with Crippen LogP contribution in [0.15, 0.2) is 29.3 Å². The molecular weight excluding hydrogens is 517 g/mol. The normalized spacial score (nSPS) is 18.9. The summed E-state index contributed by atoms with van der Waals surface area (Å²) in [5.41, 5.74) is 2.76. The predicted molar refractivity (Wildman–Crippen MR) is 141 cm³/mol. The predicted octanol–water partition coefficient (Wildman–Crippen LogP) is 4.65. The van der Waals surface area contributed by atoms with Crippen LogP contribution in [0.1, 0.15) is 63.0 Å². The fourth-order valence-electron chi connectivity index (χ4n) is 4.62. The summed E-state index contributed by atoms with van der Waals surface area (Å²) in [7, 11) is 1.80. The molecule has 1 aliphatic carbocycles. The van der Waals surface area contributed by atoms with E-state index in [0.29, 0.717) is 24.7 Å². The number of nitrogens with one attached hydrogen (secondary N) is 2. The number of benzene rings is 1. The maximum absolute atomic E-state index is 6.08. The third-order valence-corrected chi connectivity index (χ3v) is 6.54. The fourth-order valence-corrected chi connectivity index (χ4v) is 4.62. The Morgan fingerprint density at radius 2 is 1.91 bits per heavy atom. The van der Waals surface area contributed by atoms with Crippen molar-refractivity contribution in [2.24, 2.45) is 10.4 Å². The van der Waals surface area contributed by atoms with Gasteiger partial charge in [0, 0.05) is 40.0 Å². The lowest BCUT2D eigenvalue weighted by Gasteiger charge is -2.30. The Balaban J connectivity index is 0.00000363. The number of aliphatic imine (C=N–C) groups is 1. The zero-order valence-electron chi connectivity index (χ0n) is 19.9. The van der Waals surface area contributed by atoms with E-state index >= 15 is 0 Å². The minimum absolute atomic E-state index is 0. The lowest BCUT2D eigenvalue weighted by Crippen LogP contribution is -2.43. The lowest BCUT2D eigenvalue weighted by molar-refractivity contribution is -0.0390. The molecule has 7 heteroatoms. The van der Waals surface area contributed by atoms with E-state index in [4.69, 9.17) is 19.2 Å². The van der Waals surface area contributed by atoms with E-state index in [1.165, 1.54) is 36.8 Å². The Bertz CT molecular complexity index is 674. The monoisotopic (exact) mass is 559 g/mol. The Morgan fingerprint density at radius 1 is 1.16 bits per heavy atom. The van der Waals surface area contributed by atoms with Crippen LogP contribution in [0.5, 0.6) is 0 Å². The first-order chi connectivity index (χ1) is 15.2. The molecule has 182 valence electrons. The van der Waals surface area contributed by atoms with Gasteiger partial charge >= 0.3 is 0 Å². The van der Waals surface area contributed by atoms with Crippen LogP contribution in [-0.2, 0) is 27.4 Å². The third kappa shape index (κ3) is 9.15. The van der Waals surface area contributed by atoms with Crippen LogP contribution in [0, 0.1) is 5.41 Å². The molecule has 1 heterocycles. The molecule has 0 atom stereocenters. The first-order valence-corrected chi connectivity index (χ1v) is 12.0. The van der Waals surface area contributed by atoms with E-state index in [1.54, 1.807) is 7.11 Å². The minimum atomic E-state index is 0. The standard InChI is InChI=1S/C25H41N3O3.HI/c1-3-26-24(28-20-25(13-16-29-2)11-4-5-12-25)27-18-21-7-6-8-22(17-21)19-31-23-9-14-30-15-10-23;/h6-8,17,23H,3-5,9-16,18-20H2,1-2H3,(H2,26,27,28);1H. The third-order valence-electron chi connectivity index (χ3n) is 6.54. The van der Waals surface area contributed by atoms with E-state index < -0.39 is 0 Å². The van der Waals surface area contributed by atoms with Crippen LogP contribution in [-0.4, -0.2) is 52.1 Å². The Hall–Kier alpha value is -0.900. The number of guanidine groups is 1. The number of halogens is 1. The largest absolute Gasteiger partial charge is 0.385 e. The zero-order chi connectivity index (χ0) is 21.8. The number of hydrogen-bond acceptors (Lipinski definition) is 4. The summed E-state index contributed by atoms with van der Waals surface area (Å²) in [6.45, 7) is 7.70. The first kappa shape index (κ1) is 27.3. The second kappa shape index (κ2) is 15.1. The van der Waals surface area contributed by atoms with Gasteiger partial charge in [-0.25, -0.2) is 4.99 Å². The fraction of sp³-hybridized carbons (Fsp3) is 0.720. The maximum Gasteiger partial charge on any atom is 0.191 e. The molecule has 1 saturated carbocycles. The number of methoxy groups -OCH3 is 1. The molecule has 1 saturated heterocycles. The maximum atomic E-state index is 6.08. The van der Waals surface area contributed by atoms with E-state index in [2.05, 4.69) is 41.8 Å². The summed E-state index contributed by atoms with van der Waals surface area (Å²) in [6.07, 6.45) is 8.62. The summed E-state index contributed by atoms with van der Waals surface area (Å²) in [4.78, 5) is 4.85. The smallest absolute Gasteiger partial charge is 0.191 e. The summed E-state index contributed by atoms with van der Waals surface area (Å²) in [6, 6.07) is 8.59.